The lowest BCUT2D eigenvalue weighted by Gasteiger charge is -2.41. The van der Waals surface area contributed by atoms with Gasteiger partial charge in [0.25, 0.3) is 0 Å². The zero-order chi connectivity index (χ0) is 19.1. The van der Waals surface area contributed by atoms with Crippen molar-refractivity contribution in [2.45, 2.75) is 26.3 Å². The van der Waals surface area contributed by atoms with E-state index in [4.69, 9.17) is 4.74 Å². The summed E-state index contributed by atoms with van der Waals surface area (Å²) in [5, 5.41) is 14.4. The Morgan fingerprint density at radius 2 is 2.04 bits per heavy atom. The van der Waals surface area contributed by atoms with Gasteiger partial charge in [0.05, 0.1) is 23.6 Å². The number of hydrogen-bond donors (Lipinski definition) is 1. The molecule has 2 aromatic rings. The van der Waals surface area contributed by atoms with Crippen molar-refractivity contribution < 1.29 is 18.8 Å². The number of nitro benzene ring substituents is 1. The largest absolute Gasteiger partial charge is 0.465 e. The van der Waals surface area contributed by atoms with Crippen molar-refractivity contribution in [3.05, 3.63) is 69.0 Å². The number of ether oxygens (including phenoxy) is 1. The minimum absolute atomic E-state index is 0.238. The lowest BCUT2D eigenvalue weighted by molar-refractivity contribution is -0.387. The fourth-order valence-corrected chi connectivity index (χ4v) is 3.45. The Morgan fingerprint density at radius 3 is 2.69 bits per heavy atom. The number of halogens is 1. The second kappa shape index (κ2) is 6.40. The summed E-state index contributed by atoms with van der Waals surface area (Å²) in [5.41, 5.74) is 2.07. The van der Waals surface area contributed by atoms with Crippen molar-refractivity contribution in [1.82, 2.24) is 0 Å². The van der Waals surface area contributed by atoms with Crippen molar-refractivity contribution in [2.24, 2.45) is 5.41 Å². The summed E-state index contributed by atoms with van der Waals surface area (Å²) in [6.07, 6.45) is 0.649. The van der Waals surface area contributed by atoms with Crippen LogP contribution in [0, 0.1) is 21.3 Å². The average molecular weight is 358 g/mol. The number of carbonyl (C=O) groups is 1. The molecule has 0 bridgehead atoms. The quantitative estimate of drug-likeness (QED) is 0.504. The van der Waals surface area contributed by atoms with Gasteiger partial charge in [-0.2, -0.15) is 4.39 Å². The van der Waals surface area contributed by atoms with Gasteiger partial charge in [-0.15, -0.1) is 0 Å². The summed E-state index contributed by atoms with van der Waals surface area (Å²) < 4.78 is 18.4. The normalized spacial score (nSPS) is 17.8. The molecule has 1 aliphatic heterocycles. The molecule has 136 valence electrons. The summed E-state index contributed by atoms with van der Waals surface area (Å²) in [4.78, 5) is 22.1. The lowest BCUT2D eigenvalue weighted by Crippen LogP contribution is -2.35. The van der Waals surface area contributed by atoms with Crippen LogP contribution < -0.4 is 5.32 Å². The predicted octanol–water partition coefficient (Wildman–Crippen LogP) is 4.26. The molecule has 7 heteroatoms. The first-order valence-electron chi connectivity index (χ1n) is 8.14. The molecule has 2 aromatic carbocycles. The number of hydrogen-bond acceptors (Lipinski definition) is 5. The number of carbonyl (C=O) groups excluding carboxylic acids is 1. The van der Waals surface area contributed by atoms with Gasteiger partial charge in [-0.3, -0.25) is 10.1 Å². The van der Waals surface area contributed by atoms with E-state index in [9.17, 15) is 19.3 Å². The van der Waals surface area contributed by atoms with E-state index in [1.807, 2.05) is 13.8 Å². The molecular weight excluding hydrogens is 339 g/mol. The number of esters is 1. The van der Waals surface area contributed by atoms with Gasteiger partial charge in [-0.05, 0) is 47.2 Å². The fraction of sp³-hybridized carbons (Fsp3) is 0.316. The van der Waals surface area contributed by atoms with Crippen LogP contribution in [-0.4, -0.2) is 18.0 Å². The Kier molecular flexibility index (Phi) is 4.39. The number of anilines is 1. The first-order chi connectivity index (χ1) is 12.2. The van der Waals surface area contributed by atoms with E-state index >= 15 is 0 Å². The van der Waals surface area contributed by atoms with Crippen molar-refractivity contribution in [2.75, 3.05) is 12.4 Å². The molecule has 1 unspecified atom stereocenters. The van der Waals surface area contributed by atoms with Crippen LogP contribution in [0.2, 0.25) is 0 Å². The molecule has 1 heterocycles. The minimum atomic E-state index is -0.851. The van der Waals surface area contributed by atoms with Gasteiger partial charge in [-0.25, -0.2) is 4.79 Å². The Labute approximate surface area is 150 Å². The van der Waals surface area contributed by atoms with E-state index in [-0.39, 0.29) is 11.5 Å². The number of nitrogens with zero attached hydrogens (tertiary/aromatic N) is 1. The fourth-order valence-electron chi connectivity index (χ4n) is 3.45. The third kappa shape index (κ3) is 3.12. The Morgan fingerprint density at radius 1 is 1.31 bits per heavy atom. The molecule has 26 heavy (non-hydrogen) atoms. The van der Waals surface area contributed by atoms with Gasteiger partial charge in [0, 0.05) is 11.8 Å². The highest BCUT2D eigenvalue weighted by Crippen LogP contribution is 2.45. The van der Waals surface area contributed by atoms with Gasteiger partial charge < -0.3 is 10.1 Å². The molecule has 0 aromatic heterocycles. The number of methoxy groups -OCH3 is 1. The molecule has 3 rings (SSSR count). The standard InChI is InChI=1S/C19H19FN2O4/c1-19(2)10-13-8-12(18(23)26-3)5-7-15(13)21-17(19)11-4-6-14(20)16(9-11)22(24)25/h4-9,17,21H,10H2,1-3H3. The van der Waals surface area contributed by atoms with Crippen LogP contribution in [-0.2, 0) is 11.2 Å². The topological polar surface area (TPSA) is 81.5 Å². The Bertz CT molecular complexity index is 895. The summed E-state index contributed by atoms with van der Waals surface area (Å²) in [6, 6.07) is 8.98. The molecule has 1 aliphatic rings. The van der Waals surface area contributed by atoms with E-state index in [1.165, 1.54) is 13.2 Å². The number of fused-ring (bicyclic) bond motifs is 1. The van der Waals surface area contributed by atoms with Crippen LogP contribution in [0.25, 0.3) is 0 Å². The second-order valence-electron chi connectivity index (χ2n) is 7.07. The first-order valence-corrected chi connectivity index (χ1v) is 8.14. The highest BCUT2D eigenvalue weighted by molar-refractivity contribution is 5.90. The molecule has 0 fully saturated rings. The molecule has 0 spiro atoms. The first kappa shape index (κ1) is 17.8. The van der Waals surface area contributed by atoms with E-state index in [1.54, 1.807) is 24.3 Å². The molecule has 6 nitrogen and oxygen atoms in total. The Balaban J connectivity index is 2.00. The summed E-state index contributed by atoms with van der Waals surface area (Å²) >= 11 is 0. The van der Waals surface area contributed by atoms with Gasteiger partial charge in [0.15, 0.2) is 0 Å². The zero-order valence-corrected chi connectivity index (χ0v) is 14.7. The Hall–Kier alpha value is -2.96. The summed E-state index contributed by atoms with van der Waals surface area (Å²) in [5.74, 6) is -1.25. The maximum Gasteiger partial charge on any atom is 0.337 e. The van der Waals surface area contributed by atoms with Crippen LogP contribution in [0.4, 0.5) is 15.8 Å². The van der Waals surface area contributed by atoms with Crippen LogP contribution in [0.15, 0.2) is 36.4 Å². The van der Waals surface area contributed by atoms with Gasteiger partial charge in [0.2, 0.25) is 5.82 Å². The highest BCUT2D eigenvalue weighted by atomic mass is 19.1. The molecule has 1 N–H and O–H groups in total. The van der Waals surface area contributed by atoms with Gasteiger partial charge in [-0.1, -0.05) is 19.9 Å². The van der Waals surface area contributed by atoms with Crippen LogP contribution >= 0.6 is 0 Å². The molecule has 1 atom stereocenters. The lowest BCUT2D eigenvalue weighted by atomic mass is 9.72. The smallest absolute Gasteiger partial charge is 0.337 e. The number of benzene rings is 2. The van der Waals surface area contributed by atoms with E-state index in [2.05, 4.69) is 5.32 Å². The van der Waals surface area contributed by atoms with Crippen LogP contribution in [0.3, 0.4) is 0 Å². The van der Waals surface area contributed by atoms with Gasteiger partial charge >= 0.3 is 11.7 Å². The molecule has 0 radical (unpaired) electrons. The van der Waals surface area contributed by atoms with E-state index in [0.29, 0.717) is 17.5 Å². The molecular formula is C19H19FN2O4. The van der Waals surface area contributed by atoms with Crippen LogP contribution in [0.1, 0.15) is 41.4 Å². The summed E-state index contributed by atoms with van der Waals surface area (Å²) in [6.45, 7) is 4.04. The molecule has 0 saturated heterocycles. The SMILES string of the molecule is COC(=O)c1ccc2c(c1)CC(C)(C)C(c1ccc(F)c([N+](=O)[O-])c1)N2. The third-order valence-electron chi connectivity index (χ3n) is 4.75. The average Bonchev–Trinajstić information content (AvgIpc) is 2.59. The van der Waals surface area contributed by atoms with Crippen LogP contribution in [0.5, 0.6) is 0 Å². The maximum atomic E-state index is 13.7. The molecule has 0 aliphatic carbocycles. The predicted molar refractivity (Wildman–Crippen MR) is 94.7 cm³/mol. The monoisotopic (exact) mass is 358 g/mol. The number of nitrogens with one attached hydrogen (secondary N) is 1. The minimum Gasteiger partial charge on any atom is -0.465 e. The van der Waals surface area contributed by atoms with Crippen molar-refractivity contribution in [3.63, 3.8) is 0 Å². The zero-order valence-electron chi connectivity index (χ0n) is 14.7. The molecule has 0 saturated carbocycles. The van der Waals surface area contributed by atoms with E-state index in [0.717, 1.165) is 17.3 Å². The highest BCUT2D eigenvalue weighted by Gasteiger charge is 2.37. The van der Waals surface area contributed by atoms with Crippen molar-refractivity contribution in [3.8, 4) is 0 Å². The number of nitro groups is 1. The summed E-state index contributed by atoms with van der Waals surface area (Å²) in [7, 11) is 1.33. The van der Waals surface area contributed by atoms with Gasteiger partial charge in [0.1, 0.15) is 0 Å². The third-order valence-corrected chi connectivity index (χ3v) is 4.75. The van der Waals surface area contributed by atoms with Crippen molar-refractivity contribution >= 4 is 17.3 Å². The molecule has 0 amide bonds. The second-order valence-corrected chi connectivity index (χ2v) is 7.07. The number of rotatable bonds is 3. The van der Waals surface area contributed by atoms with Crippen molar-refractivity contribution in [1.29, 1.82) is 0 Å². The van der Waals surface area contributed by atoms with E-state index < -0.39 is 22.4 Å². The maximum absolute atomic E-state index is 13.7.